The molecule has 1 N–H and O–H groups in total. The lowest BCUT2D eigenvalue weighted by Gasteiger charge is -2.42. The second kappa shape index (κ2) is 7.99. The SMILES string of the molecule is CC(C)(C)OC(=O)N1CC2CCC(OCC(=O)O)(c3cccnc3Br)CC2C1. The Morgan fingerprint density at radius 1 is 1.36 bits per heavy atom. The molecule has 2 aliphatic rings. The third-order valence-corrected chi connectivity index (χ3v) is 6.09. The van der Waals surface area contributed by atoms with Gasteiger partial charge in [0.25, 0.3) is 0 Å². The van der Waals surface area contributed by atoms with Gasteiger partial charge in [-0.2, -0.15) is 0 Å². The van der Waals surface area contributed by atoms with Crippen LogP contribution in [0.15, 0.2) is 22.9 Å². The van der Waals surface area contributed by atoms with Crippen LogP contribution in [0, 0.1) is 11.8 Å². The first-order valence-electron chi connectivity index (χ1n) is 9.54. The Labute approximate surface area is 173 Å². The first-order valence-corrected chi connectivity index (χ1v) is 10.3. The van der Waals surface area contributed by atoms with Gasteiger partial charge in [-0.05, 0) is 73.9 Å². The maximum Gasteiger partial charge on any atom is 0.410 e. The number of nitrogens with zero attached hydrogens (tertiary/aromatic N) is 2. The van der Waals surface area contributed by atoms with Crippen LogP contribution in [0.25, 0.3) is 0 Å². The molecule has 0 bridgehead atoms. The molecule has 2 heterocycles. The maximum atomic E-state index is 12.5. The van der Waals surface area contributed by atoms with E-state index in [1.54, 1.807) is 11.1 Å². The summed E-state index contributed by atoms with van der Waals surface area (Å²) >= 11 is 3.49. The number of pyridine rings is 1. The molecular formula is C20H27BrN2O5. The predicted octanol–water partition coefficient (Wildman–Crippen LogP) is 3.81. The number of aliphatic carboxylic acids is 1. The maximum absolute atomic E-state index is 12.5. The molecule has 1 amide bonds. The Bertz CT molecular complexity index is 750. The summed E-state index contributed by atoms with van der Waals surface area (Å²) in [6.45, 7) is 6.48. The van der Waals surface area contributed by atoms with Crippen LogP contribution in [-0.4, -0.2) is 52.4 Å². The fraction of sp³-hybridized carbons (Fsp3) is 0.650. The largest absolute Gasteiger partial charge is 0.480 e. The Hall–Kier alpha value is -1.67. The van der Waals surface area contributed by atoms with Gasteiger partial charge >= 0.3 is 12.1 Å². The second-order valence-corrected chi connectivity index (χ2v) is 9.42. The van der Waals surface area contributed by atoms with E-state index < -0.39 is 17.2 Å². The number of carbonyl (C=O) groups excluding carboxylic acids is 1. The molecule has 7 nitrogen and oxygen atoms in total. The van der Waals surface area contributed by atoms with Gasteiger partial charge in [0.2, 0.25) is 0 Å². The number of rotatable bonds is 4. The summed E-state index contributed by atoms with van der Waals surface area (Å²) < 4.78 is 12.2. The lowest BCUT2D eigenvalue weighted by molar-refractivity contribution is -0.156. The number of ether oxygens (including phenoxy) is 2. The number of hydrogen-bond donors (Lipinski definition) is 1. The average Bonchev–Trinajstić information content (AvgIpc) is 3.02. The molecule has 0 aromatic carbocycles. The lowest BCUT2D eigenvalue weighted by atomic mass is 9.70. The zero-order chi connectivity index (χ0) is 20.5. The van der Waals surface area contributed by atoms with Gasteiger partial charge < -0.3 is 19.5 Å². The Balaban J connectivity index is 1.80. The topological polar surface area (TPSA) is 89.0 Å². The highest BCUT2D eigenvalue weighted by Gasteiger charge is 2.48. The highest BCUT2D eigenvalue weighted by atomic mass is 79.9. The van der Waals surface area contributed by atoms with E-state index in [2.05, 4.69) is 20.9 Å². The van der Waals surface area contributed by atoms with Gasteiger partial charge in [0.1, 0.15) is 16.8 Å². The van der Waals surface area contributed by atoms with Crippen LogP contribution in [0.2, 0.25) is 0 Å². The normalized spacial score (nSPS) is 27.4. The molecule has 1 saturated carbocycles. The van der Waals surface area contributed by atoms with Crippen LogP contribution < -0.4 is 0 Å². The molecule has 1 aromatic rings. The van der Waals surface area contributed by atoms with Crippen molar-refractivity contribution in [3.8, 4) is 0 Å². The summed E-state index contributed by atoms with van der Waals surface area (Å²) in [6.07, 6.45) is 3.58. The molecule has 2 fully saturated rings. The molecule has 28 heavy (non-hydrogen) atoms. The van der Waals surface area contributed by atoms with Gasteiger partial charge in [0, 0.05) is 24.8 Å². The van der Waals surface area contributed by atoms with Crippen LogP contribution in [0.4, 0.5) is 4.79 Å². The minimum atomic E-state index is -0.997. The zero-order valence-electron chi connectivity index (χ0n) is 16.5. The molecule has 3 unspecified atom stereocenters. The fourth-order valence-electron chi connectivity index (χ4n) is 4.30. The van der Waals surface area contributed by atoms with Gasteiger partial charge in [0.05, 0.1) is 5.60 Å². The monoisotopic (exact) mass is 454 g/mol. The molecule has 8 heteroatoms. The first kappa shape index (κ1) is 21.0. The first-order chi connectivity index (χ1) is 13.1. The van der Waals surface area contributed by atoms with Crippen molar-refractivity contribution in [3.05, 3.63) is 28.5 Å². The molecule has 1 saturated heterocycles. The van der Waals surface area contributed by atoms with Crippen LogP contribution >= 0.6 is 15.9 Å². The van der Waals surface area contributed by atoms with Gasteiger partial charge in [-0.25, -0.2) is 14.6 Å². The quantitative estimate of drug-likeness (QED) is 0.695. The van der Waals surface area contributed by atoms with Gasteiger partial charge in [-0.15, -0.1) is 0 Å². The molecule has 154 valence electrons. The number of carboxylic acids is 1. The van der Waals surface area contributed by atoms with Gasteiger partial charge in [0.15, 0.2) is 0 Å². The van der Waals surface area contributed by atoms with Gasteiger partial charge in [-0.1, -0.05) is 6.07 Å². The minimum absolute atomic E-state index is 0.224. The van der Waals surface area contributed by atoms with Crippen molar-refractivity contribution in [1.29, 1.82) is 0 Å². The number of fused-ring (bicyclic) bond motifs is 1. The molecule has 3 rings (SSSR count). The van der Waals surface area contributed by atoms with E-state index in [0.717, 1.165) is 12.0 Å². The third-order valence-electron chi connectivity index (χ3n) is 5.46. The highest BCUT2D eigenvalue weighted by molar-refractivity contribution is 9.10. The number of carbonyl (C=O) groups is 2. The van der Waals surface area contributed by atoms with Crippen LogP contribution in [-0.2, 0) is 19.9 Å². The average molecular weight is 455 g/mol. The van der Waals surface area contributed by atoms with E-state index in [-0.39, 0.29) is 18.6 Å². The standard InChI is InChI=1S/C20H27BrN2O5/c1-19(2,3)28-18(26)23-10-13-6-7-20(9-14(13)11-23,27-12-16(24)25)15-5-4-8-22-17(15)21/h4-5,8,13-14H,6-7,9-12H2,1-3H3,(H,24,25). The summed E-state index contributed by atoms with van der Waals surface area (Å²) in [5.41, 5.74) is -0.387. The predicted molar refractivity (Wildman–Crippen MR) is 106 cm³/mol. The van der Waals surface area contributed by atoms with E-state index >= 15 is 0 Å². The van der Waals surface area contributed by atoms with Crippen LogP contribution in [0.3, 0.4) is 0 Å². The lowest BCUT2D eigenvalue weighted by Crippen LogP contribution is -2.40. The number of halogens is 1. The van der Waals surface area contributed by atoms with Crippen molar-refractivity contribution >= 4 is 28.0 Å². The van der Waals surface area contributed by atoms with Crippen LogP contribution in [0.5, 0.6) is 0 Å². The van der Waals surface area contributed by atoms with Crippen molar-refractivity contribution < 1.29 is 24.2 Å². The molecule has 0 spiro atoms. The van der Waals surface area contributed by atoms with Crippen molar-refractivity contribution in [3.63, 3.8) is 0 Å². The fourth-order valence-corrected chi connectivity index (χ4v) is 4.91. The van der Waals surface area contributed by atoms with Gasteiger partial charge in [-0.3, -0.25) is 0 Å². The van der Waals surface area contributed by atoms with Crippen molar-refractivity contribution in [2.45, 2.75) is 51.2 Å². The Morgan fingerprint density at radius 2 is 2.07 bits per heavy atom. The number of amides is 1. The van der Waals surface area contributed by atoms with Crippen molar-refractivity contribution in [2.24, 2.45) is 11.8 Å². The molecule has 1 aromatic heterocycles. The van der Waals surface area contributed by atoms with Crippen LogP contribution in [0.1, 0.15) is 45.6 Å². The number of carboxylic acid groups (broad SMARTS) is 1. The van der Waals surface area contributed by atoms with Crippen molar-refractivity contribution in [1.82, 2.24) is 9.88 Å². The smallest absolute Gasteiger partial charge is 0.410 e. The number of aromatic nitrogens is 1. The Morgan fingerprint density at radius 3 is 2.71 bits per heavy atom. The molecule has 1 aliphatic heterocycles. The van der Waals surface area contributed by atoms with E-state index in [9.17, 15) is 9.59 Å². The number of likely N-dealkylation sites (tertiary alicyclic amines) is 1. The molecular weight excluding hydrogens is 428 g/mol. The Kier molecular flexibility index (Phi) is 6.00. The summed E-state index contributed by atoms with van der Waals surface area (Å²) in [4.78, 5) is 29.7. The van der Waals surface area contributed by atoms with Crippen molar-refractivity contribution in [2.75, 3.05) is 19.7 Å². The molecule has 1 aliphatic carbocycles. The van der Waals surface area contributed by atoms with E-state index in [1.165, 1.54) is 0 Å². The number of hydrogen-bond acceptors (Lipinski definition) is 5. The summed E-state index contributed by atoms with van der Waals surface area (Å²) in [5.74, 6) is -0.407. The molecule has 0 radical (unpaired) electrons. The zero-order valence-corrected chi connectivity index (χ0v) is 18.1. The summed E-state index contributed by atoms with van der Waals surface area (Å²) in [7, 11) is 0. The van der Waals surface area contributed by atoms with E-state index in [1.807, 2.05) is 32.9 Å². The van der Waals surface area contributed by atoms with E-state index in [4.69, 9.17) is 14.6 Å². The minimum Gasteiger partial charge on any atom is -0.480 e. The highest BCUT2D eigenvalue weighted by Crippen LogP contribution is 2.49. The molecule has 3 atom stereocenters. The summed E-state index contributed by atoms with van der Waals surface area (Å²) in [5, 5.41) is 9.16. The van der Waals surface area contributed by atoms with E-state index in [0.29, 0.717) is 36.5 Å². The summed E-state index contributed by atoms with van der Waals surface area (Å²) in [6, 6.07) is 3.76. The second-order valence-electron chi connectivity index (χ2n) is 8.67. The third kappa shape index (κ3) is 4.66.